The van der Waals surface area contributed by atoms with Gasteiger partial charge in [-0.2, -0.15) is 0 Å². The van der Waals surface area contributed by atoms with E-state index in [0.717, 1.165) is 5.69 Å². The number of nitrogens with zero attached hydrogens (tertiary/aromatic N) is 3. The zero-order valence-electron chi connectivity index (χ0n) is 13.8. The first-order valence-electron chi connectivity index (χ1n) is 7.95. The summed E-state index contributed by atoms with van der Waals surface area (Å²) < 4.78 is 20.9. The summed E-state index contributed by atoms with van der Waals surface area (Å²) in [6, 6.07) is 15.0. The first-order valence-corrected chi connectivity index (χ1v) is 8.94. The number of fused-ring (bicyclic) bond motifs is 1. The van der Waals surface area contributed by atoms with Gasteiger partial charge in [-0.3, -0.25) is 9.36 Å². The lowest BCUT2D eigenvalue weighted by atomic mass is 10.2. The third-order valence-corrected chi connectivity index (χ3v) is 4.82. The van der Waals surface area contributed by atoms with Crippen molar-refractivity contribution in [3.63, 3.8) is 0 Å². The standard InChI is InChI=1S/C19H14FN3O2S/c1-12-10-13(25-22-12)11-26-19-21-16-8-4-2-6-14(16)18(24)23(19)17-9-5-3-7-15(17)20/h2-10H,11H2,1H3. The lowest BCUT2D eigenvalue weighted by Crippen LogP contribution is -2.22. The molecule has 2 aromatic heterocycles. The highest BCUT2D eigenvalue weighted by molar-refractivity contribution is 7.98. The summed E-state index contributed by atoms with van der Waals surface area (Å²) in [5.74, 6) is 0.610. The highest BCUT2D eigenvalue weighted by atomic mass is 32.2. The normalized spacial score (nSPS) is 11.2. The molecule has 26 heavy (non-hydrogen) atoms. The number of hydrogen-bond acceptors (Lipinski definition) is 5. The second-order valence-corrected chi connectivity index (χ2v) is 6.67. The Kier molecular flexibility index (Phi) is 4.30. The van der Waals surface area contributed by atoms with Crippen molar-refractivity contribution in [1.82, 2.24) is 14.7 Å². The van der Waals surface area contributed by atoms with Crippen LogP contribution >= 0.6 is 11.8 Å². The van der Waals surface area contributed by atoms with Gasteiger partial charge >= 0.3 is 0 Å². The van der Waals surface area contributed by atoms with Crippen LogP contribution in [0.25, 0.3) is 16.6 Å². The first kappa shape index (κ1) is 16.5. The number of thioether (sulfide) groups is 1. The lowest BCUT2D eigenvalue weighted by molar-refractivity contribution is 0.391. The van der Waals surface area contributed by atoms with Crippen molar-refractivity contribution in [3.8, 4) is 5.69 Å². The van der Waals surface area contributed by atoms with Crippen LogP contribution in [0.4, 0.5) is 4.39 Å². The molecule has 0 bridgehead atoms. The number of benzene rings is 2. The Morgan fingerprint density at radius 1 is 1.15 bits per heavy atom. The van der Waals surface area contributed by atoms with Crippen LogP contribution in [-0.4, -0.2) is 14.7 Å². The molecule has 0 N–H and O–H groups in total. The van der Waals surface area contributed by atoms with Gasteiger partial charge in [0, 0.05) is 6.07 Å². The van der Waals surface area contributed by atoms with Gasteiger partial charge in [0.2, 0.25) is 0 Å². The quantitative estimate of drug-likeness (QED) is 0.401. The molecule has 4 rings (SSSR count). The molecule has 130 valence electrons. The molecule has 2 heterocycles. The third-order valence-electron chi connectivity index (χ3n) is 3.86. The van der Waals surface area contributed by atoms with Crippen LogP contribution in [0.3, 0.4) is 0 Å². The molecule has 0 aliphatic heterocycles. The smallest absolute Gasteiger partial charge is 0.266 e. The van der Waals surface area contributed by atoms with Crippen molar-refractivity contribution in [2.45, 2.75) is 17.8 Å². The third kappa shape index (κ3) is 3.01. The molecule has 0 aliphatic carbocycles. The van der Waals surface area contributed by atoms with Gasteiger partial charge < -0.3 is 4.52 Å². The molecule has 0 radical (unpaired) electrons. The zero-order chi connectivity index (χ0) is 18.1. The molecule has 0 unspecified atom stereocenters. The van der Waals surface area contributed by atoms with Crippen molar-refractivity contribution < 1.29 is 8.91 Å². The van der Waals surface area contributed by atoms with Crippen LogP contribution in [0.15, 0.2) is 69.1 Å². The van der Waals surface area contributed by atoms with Crippen LogP contribution in [0, 0.1) is 12.7 Å². The maximum atomic E-state index is 14.4. The second kappa shape index (κ2) is 6.76. The van der Waals surface area contributed by atoms with E-state index >= 15 is 0 Å². The van der Waals surface area contributed by atoms with E-state index in [4.69, 9.17) is 4.52 Å². The van der Waals surface area contributed by atoms with Gasteiger partial charge in [-0.15, -0.1) is 0 Å². The summed E-state index contributed by atoms with van der Waals surface area (Å²) in [5, 5.41) is 4.69. The van der Waals surface area contributed by atoms with E-state index in [2.05, 4.69) is 10.1 Å². The van der Waals surface area contributed by atoms with Gasteiger partial charge in [0.1, 0.15) is 11.6 Å². The second-order valence-electron chi connectivity index (χ2n) is 5.73. The van der Waals surface area contributed by atoms with Crippen LogP contribution in [0.1, 0.15) is 11.5 Å². The minimum Gasteiger partial charge on any atom is -0.360 e. The van der Waals surface area contributed by atoms with Crippen molar-refractivity contribution in [2.75, 3.05) is 0 Å². The Bertz CT molecular complexity index is 1150. The van der Waals surface area contributed by atoms with Gasteiger partial charge in [0.25, 0.3) is 5.56 Å². The summed E-state index contributed by atoms with van der Waals surface area (Å²) >= 11 is 1.30. The molecular formula is C19H14FN3O2S. The number of rotatable bonds is 4. The Labute approximate surface area is 152 Å². The maximum Gasteiger partial charge on any atom is 0.266 e. The zero-order valence-corrected chi connectivity index (χ0v) is 14.7. The summed E-state index contributed by atoms with van der Waals surface area (Å²) in [5.41, 5.74) is 1.21. The SMILES string of the molecule is Cc1cc(CSc2nc3ccccc3c(=O)n2-c2ccccc2F)on1. The molecule has 0 saturated carbocycles. The van der Waals surface area contributed by atoms with Crippen molar-refractivity contribution >= 4 is 22.7 Å². The molecule has 0 aliphatic rings. The van der Waals surface area contributed by atoms with Crippen molar-refractivity contribution in [2.24, 2.45) is 0 Å². The van der Waals surface area contributed by atoms with E-state index in [1.165, 1.54) is 22.4 Å². The molecule has 0 saturated heterocycles. The molecule has 0 spiro atoms. The molecule has 2 aromatic carbocycles. The predicted octanol–water partition coefficient (Wildman–Crippen LogP) is 4.11. The predicted molar refractivity (Wildman–Crippen MR) is 98.1 cm³/mol. The van der Waals surface area contributed by atoms with E-state index in [-0.39, 0.29) is 11.2 Å². The fourth-order valence-corrected chi connectivity index (χ4v) is 3.56. The first-order chi connectivity index (χ1) is 12.6. The molecular weight excluding hydrogens is 353 g/mol. The Balaban J connectivity index is 1.88. The van der Waals surface area contributed by atoms with Gasteiger partial charge in [-0.25, -0.2) is 9.37 Å². The monoisotopic (exact) mass is 367 g/mol. The fourth-order valence-electron chi connectivity index (χ4n) is 2.67. The van der Waals surface area contributed by atoms with E-state index in [0.29, 0.717) is 27.6 Å². The lowest BCUT2D eigenvalue weighted by Gasteiger charge is -2.13. The summed E-state index contributed by atoms with van der Waals surface area (Å²) in [6.45, 7) is 1.83. The van der Waals surface area contributed by atoms with Crippen LogP contribution in [0.2, 0.25) is 0 Å². The number of hydrogen-bond donors (Lipinski definition) is 0. The maximum absolute atomic E-state index is 14.4. The highest BCUT2D eigenvalue weighted by Gasteiger charge is 2.16. The van der Waals surface area contributed by atoms with Crippen LogP contribution < -0.4 is 5.56 Å². The molecule has 0 amide bonds. The van der Waals surface area contributed by atoms with E-state index in [1.807, 2.05) is 19.1 Å². The molecule has 4 aromatic rings. The van der Waals surface area contributed by atoms with Crippen molar-refractivity contribution in [3.05, 3.63) is 82.2 Å². The number of aryl methyl sites for hydroxylation is 1. The number of aromatic nitrogens is 3. The summed E-state index contributed by atoms with van der Waals surface area (Å²) in [7, 11) is 0. The average molecular weight is 367 g/mol. The topological polar surface area (TPSA) is 60.9 Å². The molecule has 0 atom stereocenters. The number of para-hydroxylation sites is 2. The minimum atomic E-state index is -0.482. The average Bonchev–Trinajstić information content (AvgIpc) is 3.06. The summed E-state index contributed by atoms with van der Waals surface area (Å²) in [4.78, 5) is 17.6. The largest absolute Gasteiger partial charge is 0.360 e. The molecule has 0 fully saturated rings. The van der Waals surface area contributed by atoms with Crippen LogP contribution in [-0.2, 0) is 5.75 Å². The van der Waals surface area contributed by atoms with E-state index < -0.39 is 5.82 Å². The van der Waals surface area contributed by atoms with E-state index in [1.54, 1.807) is 36.4 Å². The van der Waals surface area contributed by atoms with Gasteiger partial charge in [0.05, 0.1) is 28.0 Å². The molecule has 7 heteroatoms. The Morgan fingerprint density at radius 3 is 2.69 bits per heavy atom. The molecule has 5 nitrogen and oxygen atoms in total. The highest BCUT2D eigenvalue weighted by Crippen LogP contribution is 2.25. The van der Waals surface area contributed by atoms with Gasteiger partial charge in [-0.05, 0) is 31.2 Å². The number of halogens is 1. The summed E-state index contributed by atoms with van der Waals surface area (Å²) in [6.07, 6.45) is 0. The minimum absolute atomic E-state index is 0.173. The van der Waals surface area contributed by atoms with Gasteiger partial charge in [-0.1, -0.05) is 41.2 Å². The van der Waals surface area contributed by atoms with Gasteiger partial charge in [0.15, 0.2) is 5.16 Å². The van der Waals surface area contributed by atoms with Crippen molar-refractivity contribution in [1.29, 1.82) is 0 Å². The van der Waals surface area contributed by atoms with E-state index in [9.17, 15) is 9.18 Å². The Hall–Kier alpha value is -2.93. The van der Waals surface area contributed by atoms with Crippen LogP contribution in [0.5, 0.6) is 0 Å². The fraction of sp³-hybridized carbons (Fsp3) is 0.105. The Morgan fingerprint density at radius 2 is 1.92 bits per heavy atom.